The average molecular weight is 267 g/mol. The first-order chi connectivity index (χ1) is 9.03. The molecule has 2 rings (SSSR count). The average Bonchev–Trinajstić information content (AvgIpc) is 2.60. The van der Waals surface area contributed by atoms with Crippen LogP contribution in [0, 0.1) is 0 Å². The van der Waals surface area contributed by atoms with Gasteiger partial charge < -0.3 is 11.1 Å². The Labute approximate surface area is 117 Å². The molecule has 1 saturated carbocycles. The summed E-state index contributed by atoms with van der Waals surface area (Å²) < 4.78 is 0. The van der Waals surface area contributed by atoms with E-state index < -0.39 is 0 Å². The molecule has 2 aliphatic rings. The van der Waals surface area contributed by atoms with Crippen LogP contribution in [0.25, 0.3) is 0 Å². The summed E-state index contributed by atoms with van der Waals surface area (Å²) in [7, 11) is 0. The van der Waals surface area contributed by atoms with Crippen molar-refractivity contribution in [3.05, 3.63) is 0 Å². The Kier molecular flexibility index (Phi) is 4.85. The first-order valence-electron chi connectivity index (χ1n) is 7.81. The van der Waals surface area contributed by atoms with Gasteiger partial charge in [-0.2, -0.15) is 0 Å². The van der Waals surface area contributed by atoms with Crippen molar-refractivity contribution in [2.24, 2.45) is 5.73 Å². The Morgan fingerprint density at radius 3 is 2.47 bits per heavy atom. The topological polar surface area (TPSA) is 58.4 Å². The molecule has 1 atom stereocenters. The fourth-order valence-corrected chi connectivity index (χ4v) is 3.60. The van der Waals surface area contributed by atoms with Crippen molar-refractivity contribution in [3.63, 3.8) is 0 Å². The third-order valence-electron chi connectivity index (χ3n) is 4.48. The molecule has 1 aliphatic heterocycles. The molecule has 1 unspecified atom stereocenters. The van der Waals surface area contributed by atoms with Crippen LogP contribution < -0.4 is 11.1 Å². The van der Waals surface area contributed by atoms with Crippen LogP contribution in [-0.2, 0) is 4.79 Å². The van der Waals surface area contributed by atoms with E-state index in [0.29, 0.717) is 12.6 Å². The highest BCUT2D eigenvalue weighted by Gasteiger charge is 2.40. The zero-order valence-electron chi connectivity index (χ0n) is 12.5. The highest BCUT2D eigenvalue weighted by atomic mass is 16.2. The monoisotopic (exact) mass is 267 g/mol. The van der Waals surface area contributed by atoms with Gasteiger partial charge >= 0.3 is 0 Å². The van der Waals surface area contributed by atoms with E-state index in [1.54, 1.807) is 0 Å². The van der Waals surface area contributed by atoms with E-state index in [4.69, 9.17) is 5.73 Å². The van der Waals surface area contributed by atoms with Crippen molar-refractivity contribution in [1.82, 2.24) is 10.2 Å². The number of piperazine rings is 1. The summed E-state index contributed by atoms with van der Waals surface area (Å²) in [6, 6.07) is 0.561. The molecule has 2 fully saturated rings. The predicted molar refractivity (Wildman–Crippen MR) is 77.9 cm³/mol. The number of carbonyl (C=O) groups excluding carboxylic acids is 1. The minimum Gasteiger partial charge on any atom is -0.349 e. The predicted octanol–water partition coefficient (Wildman–Crippen LogP) is 1.64. The van der Waals surface area contributed by atoms with Crippen LogP contribution in [0.5, 0.6) is 0 Å². The summed E-state index contributed by atoms with van der Waals surface area (Å²) in [5.41, 5.74) is 5.59. The number of nitrogens with one attached hydrogen (secondary N) is 1. The van der Waals surface area contributed by atoms with E-state index in [9.17, 15) is 4.79 Å². The highest BCUT2D eigenvalue weighted by Crippen LogP contribution is 2.28. The van der Waals surface area contributed by atoms with E-state index in [0.717, 1.165) is 13.0 Å². The molecule has 110 valence electrons. The van der Waals surface area contributed by atoms with Gasteiger partial charge in [-0.1, -0.05) is 25.7 Å². The van der Waals surface area contributed by atoms with Crippen molar-refractivity contribution in [2.75, 3.05) is 13.1 Å². The second-order valence-electron chi connectivity index (χ2n) is 6.78. The largest absolute Gasteiger partial charge is 0.349 e. The summed E-state index contributed by atoms with van der Waals surface area (Å²) in [4.78, 5) is 14.8. The van der Waals surface area contributed by atoms with Crippen LogP contribution in [-0.4, -0.2) is 41.5 Å². The van der Waals surface area contributed by atoms with Crippen LogP contribution in [0.4, 0.5) is 0 Å². The second kappa shape index (κ2) is 6.23. The molecule has 0 aromatic carbocycles. The zero-order chi connectivity index (χ0) is 13.9. The van der Waals surface area contributed by atoms with Gasteiger partial charge in [0, 0.05) is 18.1 Å². The van der Waals surface area contributed by atoms with E-state index >= 15 is 0 Å². The lowest BCUT2D eigenvalue weighted by atomic mass is 9.92. The molecule has 0 aromatic rings. The standard InChI is InChI=1S/C15H29N3O/c1-15(2)11-18(12-7-5-3-4-6-8-12)13(9-10-16)14(19)17-15/h12-13H,3-11,16H2,1-2H3,(H,17,19). The van der Waals surface area contributed by atoms with Crippen LogP contribution in [0.1, 0.15) is 58.8 Å². The number of nitrogens with two attached hydrogens (primary N) is 1. The van der Waals surface area contributed by atoms with E-state index in [1.165, 1.54) is 38.5 Å². The zero-order valence-corrected chi connectivity index (χ0v) is 12.5. The Morgan fingerprint density at radius 1 is 1.26 bits per heavy atom. The molecule has 1 saturated heterocycles. The molecule has 3 N–H and O–H groups in total. The Bertz CT molecular complexity index is 309. The summed E-state index contributed by atoms with van der Waals surface area (Å²) in [6.07, 6.45) is 8.56. The Hall–Kier alpha value is -0.610. The lowest BCUT2D eigenvalue weighted by Crippen LogP contribution is -2.66. The number of rotatable bonds is 3. The first-order valence-corrected chi connectivity index (χ1v) is 7.81. The summed E-state index contributed by atoms with van der Waals surface area (Å²) in [6.45, 7) is 5.77. The van der Waals surface area contributed by atoms with Crippen molar-refractivity contribution in [1.29, 1.82) is 0 Å². The number of hydrogen-bond donors (Lipinski definition) is 2. The summed E-state index contributed by atoms with van der Waals surface area (Å²) in [5, 5.41) is 3.14. The maximum Gasteiger partial charge on any atom is 0.237 e. The molecule has 0 aromatic heterocycles. The lowest BCUT2D eigenvalue weighted by Gasteiger charge is -2.47. The molecule has 0 spiro atoms. The molecule has 1 heterocycles. The third kappa shape index (κ3) is 3.69. The van der Waals surface area contributed by atoms with Crippen molar-refractivity contribution < 1.29 is 4.79 Å². The fraction of sp³-hybridized carbons (Fsp3) is 0.933. The SMILES string of the molecule is CC1(C)CN(C2CCCCCC2)C(CCN)C(=O)N1. The number of nitrogens with zero attached hydrogens (tertiary/aromatic N) is 1. The number of amides is 1. The van der Waals surface area contributed by atoms with Gasteiger partial charge in [0.1, 0.15) is 0 Å². The highest BCUT2D eigenvalue weighted by molar-refractivity contribution is 5.83. The van der Waals surface area contributed by atoms with Crippen LogP contribution >= 0.6 is 0 Å². The molecule has 4 heteroatoms. The Balaban J connectivity index is 2.13. The first kappa shape index (κ1) is 14.8. The molecule has 0 bridgehead atoms. The molecule has 0 radical (unpaired) electrons. The number of carbonyl (C=O) groups is 1. The molecule has 1 aliphatic carbocycles. The minimum absolute atomic E-state index is 0.0128. The molecular weight excluding hydrogens is 238 g/mol. The van der Waals surface area contributed by atoms with E-state index in [-0.39, 0.29) is 17.5 Å². The van der Waals surface area contributed by atoms with Gasteiger partial charge in [0.25, 0.3) is 0 Å². The van der Waals surface area contributed by atoms with Gasteiger partial charge in [-0.05, 0) is 39.7 Å². The molecule has 4 nitrogen and oxygen atoms in total. The van der Waals surface area contributed by atoms with Gasteiger partial charge in [-0.3, -0.25) is 9.69 Å². The quantitative estimate of drug-likeness (QED) is 0.764. The van der Waals surface area contributed by atoms with Crippen LogP contribution in [0.3, 0.4) is 0 Å². The maximum absolute atomic E-state index is 12.3. The summed E-state index contributed by atoms with van der Waals surface area (Å²) >= 11 is 0. The maximum atomic E-state index is 12.3. The molecule has 19 heavy (non-hydrogen) atoms. The fourth-order valence-electron chi connectivity index (χ4n) is 3.60. The van der Waals surface area contributed by atoms with Crippen molar-refractivity contribution in [2.45, 2.75) is 76.4 Å². The third-order valence-corrected chi connectivity index (χ3v) is 4.48. The number of hydrogen-bond acceptors (Lipinski definition) is 3. The summed E-state index contributed by atoms with van der Waals surface area (Å²) in [5.74, 6) is 0.172. The van der Waals surface area contributed by atoms with Gasteiger partial charge in [0.05, 0.1) is 6.04 Å². The molecule has 1 amide bonds. The van der Waals surface area contributed by atoms with Crippen molar-refractivity contribution >= 4 is 5.91 Å². The van der Waals surface area contributed by atoms with Gasteiger partial charge in [-0.15, -0.1) is 0 Å². The van der Waals surface area contributed by atoms with Crippen LogP contribution in [0.2, 0.25) is 0 Å². The Morgan fingerprint density at radius 2 is 1.89 bits per heavy atom. The minimum atomic E-state index is -0.117. The normalized spacial score (nSPS) is 29.8. The van der Waals surface area contributed by atoms with E-state index in [2.05, 4.69) is 24.1 Å². The van der Waals surface area contributed by atoms with Crippen LogP contribution in [0.15, 0.2) is 0 Å². The van der Waals surface area contributed by atoms with Gasteiger partial charge in [0.2, 0.25) is 5.91 Å². The van der Waals surface area contributed by atoms with Gasteiger partial charge in [0.15, 0.2) is 0 Å². The lowest BCUT2D eigenvalue weighted by molar-refractivity contribution is -0.135. The smallest absolute Gasteiger partial charge is 0.237 e. The second-order valence-corrected chi connectivity index (χ2v) is 6.78. The molecular formula is C15H29N3O. The van der Waals surface area contributed by atoms with Crippen molar-refractivity contribution in [3.8, 4) is 0 Å². The van der Waals surface area contributed by atoms with Gasteiger partial charge in [-0.25, -0.2) is 0 Å². The van der Waals surface area contributed by atoms with E-state index in [1.807, 2.05) is 0 Å².